The number of carbonyl (C=O) groups is 1. The highest BCUT2D eigenvalue weighted by molar-refractivity contribution is 7.89. The van der Waals surface area contributed by atoms with Crippen LogP contribution in [0.5, 0.6) is 0 Å². The fourth-order valence-electron chi connectivity index (χ4n) is 1.78. The van der Waals surface area contributed by atoms with Crippen LogP contribution in [0.4, 0.5) is 5.13 Å². The van der Waals surface area contributed by atoms with E-state index in [9.17, 15) is 13.2 Å². The van der Waals surface area contributed by atoms with E-state index in [4.69, 9.17) is 16.7 Å². The van der Waals surface area contributed by atoms with E-state index in [0.29, 0.717) is 16.0 Å². The molecule has 17 heavy (non-hydrogen) atoms. The van der Waals surface area contributed by atoms with Gasteiger partial charge < -0.3 is 0 Å². The third kappa shape index (κ3) is 3.15. The molecule has 6 nitrogen and oxygen atoms in total. The summed E-state index contributed by atoms with van der Waals surface area (Å²) in [6.45, 7) is 0.319. The lowest BCUT2D eigenvalue weighted by molar-refractivity contribution is -0.117. The molecular weight excluding hydrogens is 286 g/mol. The number of sulfonamides is 1. The monoisotopic (exact) mass is 295 g/mol. The van der Waals surface area contributed by atoms with Crippen LogP contribution in [0.15, 0.2) is 6.20 Å². The first-order valence-electron chi connectivity index (χ1n) is 4.77. The number of thiazole rings is 1. The smallest absolute Gasteiger partial charge is 0.229 e. The normalized spacial score (nSPS) is 21.2. The van der Waals surface area contributed by atoms with Crippen LogP contribution in [-0.2, 0) is 14.8 Å². The third-order valence-electron chi connectivity index (χ3n) is 2.37. The van der Waals surface area contributed by atoms with Crippen LogP contribution in [-0.4, -0.2) is 31.6 Å². The van der Waals surface area contributed by atoms with Gasteiger partial charge in [0.25, 0.3) is 0 Å². The molecule has 0 spiro atoms. The molecule has 0 aromatic carbocycles. The molecule has 2 heterocycles. The minimum absolute atomic E-state index is 0.148. The molecule has 2 N–H and O–H groups in total. The minimum atomic E-state index is -3.55. The van der Waals surface area contributed by atoms with Gasteiger partial charge in [0.05, 0.1) is 11.9 Å². The van der Waals surface area contributed by atoms with Crippen molar-refractivity contribution in [2.45, 2.75) is 6.42 Å². The molecule has 1 unspecified atom stereocenters. The van der Waals surface area contributed by atoms with Crippen molar-refractivity contribution in [3.63, 3.8) is 0 Å². The van der Waals surface area contributed by atoms with Crippen LogP contribution in [0, 0.1) is 5.92 Å². The summed E-state index contributed by atoms with van der Waals surface area (Å²) >= 11 is 6.92. The molecular formula is C8H10ClN3O3S2. The summed E-state index contributed by atoms with van der Waals surface area (Å²) in [6, 6.07) is 0. The molecule has 1 fully saturated rings. The Morgan fingerprint density at radius 3 is 2.88 bits per heavy atom. The average Bonchev–Trinajstić information content (AvgIpc) is 2.70. The number of amides is 1. The topological polar surface area (TPSA) is 93.4 Å². The number of rotatable bonds is 3. The van der Waals surface area contributed by atoms with Gasteiger partial charge in [0.1, 0.15) is 4.34 Å². The Kier molecular flexibility index (Phi) is 3.39. The fourth-order valence-corrected chi connectivity index (χ4v) is 3.59. The lowest BCUT2D eigenvalue weighted by Crippen LogP contribution is -2.27. The van der Waals surface area contributed by atoms with E-state index >= 15 is 0 Å². The van der Waals surface area contributed by atoms with Crippen molar-refractivity contribution in [3.05, 3.63) is 10.5 Å². The largest absolute Gasteiger partial charge is 0.288 e. The first-order chi connectivity index (χ1) is 7.85. The highest BCUT2D eigenvalue weighted by Gasteiger charge is 2.34. The van der Waals surface area contributed by atoms with E-state index in [-0.39, 0.29) is 24.0 Å². The predicted molar refractivity (Wildman–Crippen MR) is 65.6 cm³/mol. The second-order valence-electron chi connectivity index (χ2n) is 3.85. The molecule has 1 aliphatic rings. The van der Waals surface area contributed by atoms with E-state index in [1.54, 1.807) is 0 Å². The van der Waals surface area contributed by atoms with E-state index < -0.39 is 10.0 Å². The van der Waals surface area contributed by atoms with Crippen LogP contribution >= 0.6 is 22.9 Å². The maximum atomic E-state index is 11.7. The number of nitrogens with two attached hydrogens (primary N) is 1. The summed E-state index contributed by atoms with van der Waals surface area (Å²) in [7, 11) is -3.55. The second-order valence-corrected chi connectivity index (χ2v) is 7.15. The van der Waals surface area contributed by atoms with Crippen LogP contribution in [0.25, 0.3) is 0 Å². The molecule has 1 aliphatic heterocycles. The van der Waals surface area contributed by atoms with Crippen LogP contribution in [0.1, 0.15) is 6.42 Å². The summed E-state index contributed by atoms with van der Waals surface area (Å²) in [5.74, 6) is -0.612. The molecule has 0 bridgehead atoms. The van der Waals surface area contributed by atoms with E-state index in [0.717, 1.165) is 0 Å². The molecule has 1 amide bonds. The zero-order chi connectivity index (χ0) is 12.6. The van der Waals surface area contributed by atoms with Crippen molar-refractivity contribution in [2.75, 3.05) is 17.2 Å². The van der Waals surface area contributed by atoms with Crippen LogP contribution in [0.3, 0.4) is 0 Å². The molecule has 1 aromatic heterocycles. The van der Waals surface area contributed by atoms with Crippen LogP contribution < -0.4 is 10.0 Å². The first kappa shape index (κ1) is 12.7. The Morgan fingerprint density at radius 2 is 2.35 bits per heavy atom. The maximum absolute atomic E-state index is 11.7. The summed E-state index contributed by atoms with van der Waals surface area (Å²) < 4.78 is 22.4. The Morgan fingerprint density at radius 1 is 1.65 bits per heavy atom. The van der Waals surface area contributed by atoms with Crippen molar-refractivity contribution in [1.82, 2.24) is 4.98 Å². The van der Waals surface area contributed by atoms with Crippen molar-refractivity contribution >= 4 is 44.0 Å². The third-order valence-corrected chi connectivity index (χ3v) is 4.44. The number of aromatic nitrogens is 1. The summed E-state index contributed by atoms with van der Waals surface area (Å²) in [6.07, 6.45) is 1.63. The van der Waals surface area contributed by atoms with E-state index in [1.807, 2.05) is 0 Å². The van der Waals surface area contributed by atoms with Gasteiger partial charge in [0.2, 0.25) is 15.9 Å². The van der Waals surface area contributed by atoms with Gasteiger partial charge in [-0.15, -0.1) is 0 Å². The Labute approximate surface area is 107 Å². The zero-order valence-electron chi connectivity index (χ0n) is 8.67. The lowest BCUT2D eigenvalue weighted by atomic mass is 10.1. The molecule has 0 saturated carbocycles. The van der Waals surface area contributed by atoms with Crippen molar-refractivity contribution in [2.24, 2.45) is 11.1 Å². The number of hydrogen-bond acceptors (Lipinski definition) is 5. The Hall–Kier alpha value is -0.700. The van der Waals surface area contributed by atoms with Gasteiger partial charge in [-0.05, 0) is 0 Å². The van der Waals surface area contributed by atoms with Gasteiger partial charge >= 0.3 is 0 Å². The highest BCUT2D eigenvalue weighted by Crippen LogP contribution is 2.31. The number of halogens is 1. The SMILES string of the molecule is NS(=O)(=O)CC1CC(=O)N(c2ncc(Cl)s2)C1. The molecule has 1 atom stereocenters. The van der Waals surface area contributed by atoms with Gasteiger partial charge in [-0.2, -0.15) is 0 Å². The van der Waals surface area contributed by atoms with Crippen molar-refractivity contribution in [3.8, 4) is 0 Å². The van der Waals surface area contributed by atoms with E-state index in [1.165, 1.54) is 22.4 Å². The van der Waals surface area contributed by atoms with Crippen LogP contribution in [0.2, 0.25) is 4.34 Å². The van der Waals surface area contributed by atoms with Gasteiger partial charge in [-0.3, -0.25) is 9.69 Å². The van der Waals surface area contributed by atoms with Gasteiger partial charge in [-0.25, -0.2) is 18.5 Å². The van der Waals surface area contributed by atoms with Crippen molar-refractivity contribution < 1.29 is 13.2 Å². The molecule has 2 rings (SSSR count). The van der Waals surface area contributed by atoms with E-state index in [2.05, 4.69) is 4.98 Å². The van der Waals surface area contributed by atoms with Gasteiger partial charge in [-0.1, -0.05) is 22.9 Å². The Balaban J connectivity index is 2.10. The molecule has 94 valence electrons. The number of carbonyl (C=O) groups excluding carboxylic acids is 1. The predicted octanol–water partition coefficient (Wildman–Crippen LogP) is 0.438. The quantitative estimate of drug-likeness (QED) is 0.875. The summed E-state index contributed by atoms with van der Waals surface area (Å²) in [5, 5.41) is 5.45. The molecule has 1 saturated heterocycles. The number of hydrogen-bond donors (Lipinski definition) is 1. The van der Waals surface area contributed by atoms with Crippen molar-refractivity contribution in [1.29, 1.82) is 0 Å². The number of nitrogens with zero attached hydrogens (tertiary/aromatic N) is 2. The summed E-state index contributed by atoms with van der Waals surface area (Å²) in [4.78, 5) is 17.1. The fraction of sp³-hybridized carbons (Fsp3) is 0.500. The molecule has 9 heteroatoms. The molecule has 0 aliphatic carbocycles. The Bertz CT molecular complexity index is 542. The number of primary sulfonamides is 1. The maximum Gasteiger partial charge on any atom is 0.229 e. The summed E-state index contributed by atoms with van der Waals surface area (Å²) in [5.41, 5.74) is 0. The lowest BCUT2D eigenvalue weighted by Gasteiger charge is -2.12. The highest BCUT2D eigenvalue weighted by atomic mass is 35.5. The van der Waals surface area contributed by atoms with Gasteiger partial charge in [0.15, 0.2) is 5.13 Å². The minimum Gasteiger partial charge on any atom is -0.288 e. The average molecular weight is 296 g/mol. The van der Waals surface area contributed by atoms with Gasteiger partial charge in [0, 0.05) is 18.9 Å². The second kappa shape index (κ2) is 4.52. The number of anilines is 1. The zero-order valence-corrected chi connectivity index (χ0v) is 11.1. The first-order valence-corrected chi connectivity index (χ1v) is 7.68. The molecule has 1 aromatic rings. The standard InChI is InChI=1S/C8H10ClN3O3S2/c9-6-2-11-8(16-6)12-3-5(1-7(12)13)4-17(10,14)15/h2,5H,1,3-4H2,(H2,10,14,15). The molecule has 0 radical (unpaired) electrons.